The molecule has 0 amide bonds. The topological polar surface area (TPSA) is 118 Å². The van der Waals surface area contributed by atoms with E-state index in [4.69, 9.17) is 24.1 Å². The lowest BCUT2D eigenvalue weighted by atomic mass is 9.75. The second-order valence-electron chi connectivity index (χ2n) is 6.77. The molecule has 1 aliphatic carbocycles. The number of hydrogen-bond donors (Lipinski definition) is 2. The van der Waals surface area contributed by atoms with Gasteiger partial charge in [-0.1, -0.05) is 12.8 Å². The maximum atomic E-state index is 12.2. The van der Waals surface area contributed by atoms with Crippen molar-refractivity contribution in [1.29, 1.82) is 0 Å². The van der Waals surface area contributed by atoms with Crippen molar-refractivity contribution in [2.75, 3.05) is 26.4 Å². The van der Waals surface area contributed by atoms with Crippen LogP contribution in [-0.2, 0) is 28.5 Å². The van der Waals surface area contributed by atoms with Gasteiger partial charge in [0.1, 0.15) is 17.6 Å². The summed E-state index contributed by atoms with van der Waals surface area (Å²) in [4.78, 5) is 23.3. The van der Waals surface area contributed by atoms with Gasteiger partial charge >= 0.3 is 11.9 Å². The average molecular weight is 344 g/mol. The fourth-order valence-electron chi connectivity index (χ4n) is 3.49. The van der Waals surface area contributed by atoms with E-state index in [0.717, 1.165) is 12.8 Å². The molecular formula is C16H24O8. The van der Waals surface area contributed by atoms with Gasteiger partial charge < -0.3 is 29.2 Å². The lowest BCUT2D eigenvalue weighted by Gasteiger charge is -2.45. The molecule has 0 aromatic heterocycles. The fraction of sp³-hybridized carbons (Fsp3) is 0.875. The number of rotatable bonds is 11. The van der Waals surface area contributed by atoms with Crippen LogP contribution in [0.3, 0.4) is 0 Å². The zero-order chi connectivity index (χ0) is 17.2. The molecule has 2 saturated heterocycles. The molecular weight excluding hydrogens is 320 g/mol. The summed E-state index contributed by atoms with van der Waals surface area (Å²) in [5, 5.41) is 19.1. The van der Waals surface area contributed by atoms with Gasteiger partial charge in [-0.15, -0.1) is 0 Å². The van der Waals surface area contributed by atoms with Gasteiger partial charge in [-0.05, 0) is 12.8 Å². The Balaban J connectivity index is 1.85. The second kappa shape index (κ2) is 6.95. The molecule has 136 valence electrons. The lowest BCUT2D eigenvalue weighted by molar-refractivity contribution is -0.302. The van der Waals surface area contributed by atoms with Crippen LogP contribution in [0.5, 0.6) is 0 Å². The maximum Gasteiger partial charge on any atom is 0.315 e. The minimum absolute atomic E-state index is 0.00588. The summed E-state index contributed by atoms with van der Waals surface area (Å²) in [7, 11) is 0. The van der Waals surface area contributed by atoms with Crippen molar-refractivity contribution in [2.24, 2.45) is 5.41 Å². The van der Waals surface area contributed by atoms with Crippen molar-refractivity contribution in [3.05, 3.63) is 0 Å². The molecule has 3 aliphatic rings. The van der Waals surface area contributed by atoms with Crippen molar-refractivity contribution in [2.45, 2.75) is 56.5 Å². The van der Waals surface area contributed by atoms with Crippen LogP contribution in [0.1, 0.15) is 38.5 Å². The van der Waals surface area contributed by atoms with Gasteiger partial charge in [-0.3, -0.25) is 9.59 Å². The largest absolute Gasteiger partial charge is 0.481 e. The minimum atomic E-state index is -1.47. The van der Waals surface area contributed by atoms with Crippen LogP contribution < -0.4 is 0 Å². The molecule has 8 heteroatoms. The van der Waals surface area contributed by atoms with E-state index in [-0.39, 0.29) is 38.3 Å². The molecule has 0 bridgehead atoms. The van der Waals surface area contributed by atoms with Gasteiger partial charge in [0.25, 0.3) is 0 Å². The number of aliphatic carboxylic acids is 2. The molecule has 2 unspecified atom stereocenters. The highest BCUT2D eigenvalue weighted by Gasteiger charge is 2.61. The van der Waals surface area contributed by atoms with Gasteiger partial charge in [0.15, 0.2) is 5.79 Å². The monoisotopic (exact) mass is 344 g/mol. The Kier molecular flexibility index (Phi) is 5.10. The van der Waals surface area contributed by atoms with Crippen LogP contribution in [0.15, 0.2) is 0 Å². The standard InChI is InChI=1S/C16H24O8/c17-13(18)3-6-16(23-9-11-7-21-11,24-10-12-8-22-12)15(14(19)20)4-1-2-5-15/h11-12H,1-10H2,(H,17,18)(H,19,20). The van der Waals surface area contributed by atoms with E-state index in [1.807, 2.05) is 0 Å². The van der Waals surface area contributed by atoms with Crippen LogP contribution >= 0.6 is 0 Å². The summed E-state index contributed by atoms with van der Waals surface area (Å²) in [6, 6.07) is 0. The molecule has 0 radical (unpaired) electrons. The van der Waals surface area contributed by atoms with Crippen LogP contribution in [0.2, 0.25) is 0 Å². The third-order valence-electron chi connectivity index (χ3n) is 5.07. The Bertz CT molecular complexity index is 460. The number of carboxylic acid groups (broad SMARTS) is 2. The Labute approximate surface area is 140 Å². The predicted octanol–water partition coefficient (Wildman–Crippen LogP) is 1.02. The molecule has 2 heterocycles. The summed E-state index contributed by atoms with van der Waals surface area (Å²) in [5.74, 6) is -3.46. The number of carboxylic acids is 2. The summed E-state index contributed by atoms with van der Waals surface area (Å²) >= 11 is 0. The molecule has 2 aliphatic heterocycles. The third-order valence-corrected chi connectivity index (χ3v) is 5.07. The van der Waals surface area contributed by atoms with Gasteiger partial charge in [-0.25, -0.2) is 0 Å². The molecule has 0 spiro atoms. The Morgan fingerprint density at radius 1 is 1.04 bits per heavy atom. The number of carbonyl (C=O) groups is 2. The van der Waals surface area contributed by atoms with E-state index in [9.17, 15) is 14.7 Å². The lowest BCUT2D eigenvalue weighted by Crippen LogP contribution is -2.56. The van der Waals surface area contributed by atoms with Gasteiger partial charge in [0.05, 0.1) is 32.8 Å². The zero-order valence-corrected chi connectivity index (χ0v) is 13.6. The van der Waals surface area contributed by atoms with Crippen LogP contribution in [0.25, 0.3) is 0 Å². The predicted molar refractivity (Wildman–Crippen MR) is 79.5 cm³/mol. The summed E-state index contributed by atoms with van der Waals surface area (Å²) in [6.45, 7) is 1.56. The molecule has 0 aromatic carbocycles. The van der Waals surface area contributed by atoms with E-state index in [1.165, 1.54) is 0 Å². The second-order valence-corrected chi connectivity index (χ2v) is 6.77. The van der Waals surface area contributed by atoms with Crippen molar-refractivity contribution >= 4 is 11.9 Å². The van der Waals surface area contributed by atoms with Gasteiger partial charge in [0, 0.05) is 6.42 Å². The highest BCUT2D eigenvalue weighted by atomic mass is 16.7. The molecule has 0 aromatic rings. The van der Waals surface area contributed by atoms with Crippen molar-refractivity contribution in [1.82, 2.24) is 0 Å². The van der Waals surface area contributed by atoms with Crippen LogP contribution in [0, 0.1) is 5.41 Å². The molecule has 1 saturated carbocycles. The molecule has 2 N–H and O–H groups in total. The van der Waals surface area contributed by atoms with E-state index < -0.39 is 23.1 Å². The van der Waals surface area contributed by atoms with Crippen molar-refractivity contribution < 1.29 is 38.7 Å². The Morgan fingerprint density at radius 2 is 1.54 bits per heavy atom. The smallest absolute Gasteiger partial charge is 0.315 e. The molecule has 24 heavy (non-hydrogen) atoms. The normalized spacial score (nSPS) is 29.8. The molecule has 3 fully saturated rings. The van der Waals surface area contributed by atoms with E-state index in [0.29, 0.717) is 26.1 Å². The zero-order valence-electron chi connectivity index (χ0n) is 13.6. The summed E-state index contributed by atoms with van der Waals surface area (Å²) < 4.78 is 22.3. The maximum absolute atomic E-state index is 12.2. The SMILES string of the molecule is O=C(O)CCC(OCC1CO1)(OCC1CO1)C1(C(=O)O)CCCC1. The van der Waals surface area contributed by atoms with E-state index in [2.05, 4.69) is 0 Å². The average Bonchev–Trinajstić information content (AvgIpc) is 3.46. The molecule has 3 rings (SSSR count). The first-order valence-corrected chi connectivity index (χ1v) is 8.44. The molecule has 8 nitrogen and oxygen atoms in total. The quantitative estimate of drug-likeness (QED) is 0.421. The number of hydrogen-bond acceptors (Lipinski definition) is 6. The Morgan fingerprint density at radius 3 is 1.92 bits per heavy atom. The number of epoxide rings is 2. The summed E-state index contributed by atoms with van der Waals surface area (Å²) in [6.07, 6.45) is 1.99. The first-order chi connectivity index (χ1) is 11.5. The fourth-order valence-corrected chi connectivity index (χ4v) is 3.49. The first-order valence-electron chi connectivity index (χ1n) is 8.44. The highest BCUT2D eigenvalue weighted by Crippen LogP contribution is 2.52. The minimum Gasteiger partial charge on any atom is -0.481 e. The summed E-state index contributed by atoms with van der Waals surface area (Å²) in [5.41, 5.74) is -1.23. The number of ether oxygens (including phenoxy) is 4. The third kappa shape index (κ3) is 3.72. The van der Waals surface area contributed by atoms with Crippen molar-refractivity contribution in [3.8, 4) is 0 Å². The highest BCUT2D eigenvalue weighted by molar-refractivity contribution is 5.77. The van der Waals surface area contributed by atoms with Crippen molar-refractivity contribution in [3.63, 3.8) is 0 Å². The molecule has 2 atom stereocenters. The van der Waals surface area contributed by atoms with Crippen LogP contribution in [-0.4, -0.2) is 66.6 Å². The van der Waals surface area contributed by atoms with Crippen LogP contribution in [0.4, 0.5) is 0 Å². The van der Waals surface area contributed by atoms with Gasteiger partial charge in [0.2, 0.25) is 0 Å². The van der Waals surface area contributed by atoms with E-state index >= 15 is 0 Å². The Hall–Kier alpha value is -1.22. The van der Waals surface area contributed by atoms with E-state index in [1.54, 1.807) is 0 Å². The first kappa shape index (κ1) is 17.6. The van der Waals surface area contributed by atoms with Gasteiger partial charge in [-0.2, -0.15) is 0 Å².